The maximum atomic E-state index is 6.03. The van der Waals surface area contributed by atoms with Gasteiger partial charge in [-0.3, -0.25) is 4.68 Å². The first-order valence-electron chi connectivity index (χ1n) is 4.24. The smallest absolute Gasteiger partial charge is 0.0702 e. The van der Waals surface area contributed by atoms with Crippen LogP contribution in [0.1, 0.15) is 10.9 Å². The van der Waals surface area contributed by atoms with Gasteiger partial charge in [-0.25, -0.2) is 0 Å². The quantitative estimate of drug-likeness (QED) is 0.932. The Bertz CT molecular complexity index is 396. The van der Waals surface area contributed by atoms with Crippen LogP contribution in [0.15, 0.2) is 34.4 Å². The Balaban J connectivity index is 2.06. The Labute approximate surface area is 94.7 Å². The topological polar surface area (TPSA) is 43.8 Å². The van der Waals surface area contributed by atoms with Crippen molar-refractivity contribution in [3.8, 4) is 0 Å². The molecule has 0 fully saturated rings. The Morgan fingerprint density at radius 2 is 2.43 bits per heavy atom. The molecule has 0 radical (unpaired) electrons. The van der Waals surface area contributed by atoms with Crippen molar-refractivity contribution >= 4 is 27.3 Å². The lowest BCUT2D eigenvalue weighted by atomic mass is 10.2. The maximum Gasteiger partial charge on any atom is 0.0702 e. The molecule has 0 aromatic carbocycles. The molecular formula is C9H10BrN3S. The first-order valence-corrected chi connectivity index (χ1v) is 5.85. The van der Waals surface area contributed by atoms with E-state index in [-0.39, 0.29) is 6.04 Å². The van der Waals surface area contributed by atoms with Gasteiger partial charge in [-0.15, -0.1) is 11.3 Å². The molecule has 0 amide bonds. The van der Waals surface area contributed by atoms with Crippen molar-refractivity contribution in [3.05, 3.63) is 39.3 Å². The van der Waals surface area contributed by atoms with Crippen LogP contribution in [0.5, 0.6) is 0 Å². The van der Waals surface area contributed by atoms with Crippen molar-refractivity contribution in [1.82, 2.24) is 9.78 Å². The lowest BCUT2D eigenvalue weighted by Gasteiger charge is -2.08. The van der Waals surface area contributed by atoms with E-state index in [1.165, 1.54) is 4.88 Å². The van der Waals surface area contributed by atoms with Crippen LogP contribution < -0.4 is 5.73 Å². The molecule has 1 unspecified atom stereocenters. The molecule has 1 atom stereocenters. The first-order chi connectivity index (χ1) is 6.75. The molecule has 2 aromatic rings. The van der Waals surface area contributed by atoms with E-state index < -0.39 is 0 Å². The number of hydrogen-bond acceptors (Lipinski definition) is 3. The van der Waals surface area contributed by atoms with Crippen molar-refractivity contribution in [2.45, 2.75) is 12.6 Å². The second-order valence-electron chi connectivity index (χ2n) is 2.98. The fraction of sp³-hybridized carbons (Fsp3) is 0.222. The highest BCUT2D eigenvalue weighted by molar-refractivity contribution is 9.11. The van der Waals surface area contributed by atoms with E-state index in [9.17, 15) is 0 Å². The summed E-state index contributed by atoms with van der Waals surface area (Å²) in [4.78, 5) is 1.17. The van der Waals surface area contributed by atoms with Crippen molar-refractivity contribution in [3.63, 3.8) is 0 Å². The van der Waals surface area contributed by atoms with E-state index in [2.05, 4.69) is 21.0 Å². The molecule has 5 heteroatoms. The van der Waals surface area contributed by atoms with Crippen LogP contribution in [-0.2, 0) is 6.54 Å². The number of nitrogens with two attached hydrogens (primary N) is 1. The minimum atomic E-state index is 0.0196. The van der Waals surface area contributed by atoms with Crippen LogP contribution in [0.2, 0.25) is 0 Å². The zero-order valence-corrected chi connectivity index (χ0v) is 9.83. The average molecular weight is 272 g/mol. The van der Waals surface area contributed by atoms with Gasteiger partial charge in [-0.05, 0) is 34.1 Å². The molecule has 0 spiro atoms. The zero-order valence-electron chi connectivity index (χ0n) is 7.43. The van der Waals surface area contributed by atoms with E-state index >= 15 is 0 Å². The Morgan fingerprint density at radius 1 is 1.57 bits per heavy atom. The van der Waals surface area contributed by atoms with Crippen LogP contribution in [0.25, 0.3) is 0 Å². The van der Waals surface area contributed by atoms with Crippen molar-refractivity contribution in [1.29, 1.82) is 0 Å². The fourth-order valence-electron chi connectivity index (χ4n) is 1.23. The monoisotopic (exact) mass is 271 g/mol. The van der Waals surface area contributed by atoms with Gasteiger partial charge in [0.25, 0.3) is 0 Å². The van der Waals surface area contributed by atoms with Gasteiger partial charge in [-0.1, -0.05) is 0 Å². The van der Waals surface area contributed by atoms with Gasteiger partial charge in [0.05, 0.1) is 16.4 Å². The Morgan fingerprint density at radius 3 is 3.00 bits per heavy atom. The van der Waals surface area contributed by atoms with Crippen LogP contribution >= 0.6 is 27.3 Å². The minimum Gasteiger partial charge on any atom is -0.322 e. The molecule has 0 aliphatic heterocycles. The number of thiophene rings is 1. The van der Waals surface area contributed by atoms with Gasteiger partial charge in [0.1, 0.15) is 0 Å². The van der Waals surface area contributed by atoms with Gasteiger partial charge < -0.3 is 5.73 Å². The van der Waals surface area contributed by atoms with E-state index in [1.807, 2.05) is 29.1 Å². The summed E-state index contributed by atoms with van der Waals surface area (Å²) in [5.41, 5.74) is 6.03. The molecule has 2 rings (SSSR count). The van der Waals surface area contributed by atoms with E-state index in [4.69, 9.17) is 5.73 Å². The SMILES string of the molecule is NC(Cn1cccn1)c1ccc(Br)s1. The van der Waals surface area contributed by atoms with Crippen LogP contribution in [0, 0.1) is 0 Å². The van der Waals surface area contributed by atoms with E-state index in [1.54, 1.807) is 17.5 Å². The Kier molecular flexibility index (Phi) is 3.00. The predicted molar refractivity (Wildman–Crippen MR) is 61.2 cm³/mol. The van der Waals surface area contributed by atoms with Crippen LogP contribution in [0.4, 0.5) is 0 Å². The summed E-state index contributed by atoms with van der Waals surface area (Å²) in [6.07, 6.45) is 3.68. The Hall–Kier alpha value is -0.650. The summed E-state index contributed by atoms with van der Waals surface area (Å²) in [6, 6.07) is 5.98. The highest BCUT2D eigenvalue weighted by atomic mass is 79.9. The molecule has 0 saturated heterocycles. The first kappa shape index (κ1) is 9.89. The van der Waals surface area contributed by atoms with Gasteiger partial charge in [-0.2, -0.15) is 5.10 Å². The fourth-order valence-corrected chi connectivity index (χ4v) is 2.64. The third kappa shape index (κ3) is 2.23. The van der Waals surface area contributed by atoms with Crippen LogP contribution in [-0.4, -0.2) is 9.78 Å². The highest BCUT2D eigenvalue weighted by Gasteiger charge is 2.08. The molecule has 14 heavy (non-hydrogen) atoms. The molecule has 3 nitrogen and oxygen atoms in total. The summed E-state index contributed by atoms with van der Waals surface area (Å²) in [5, 5.41) is 4.12. The third-order valence-electron chi connectivity index (χ3n) is 1.90. The molecule has 2 N–H and O–H groups in total. The molecule has 2 heterocycles. The van der Waals surface area contributed by atoms with E-state index in [0.717, 1.165) is 10.3 Å². The predicted octanol–water partition coefficient (Wildman–Crippen LogP) is 2.41. The molecule has 0 aliphatic carbocycles. The zero-order chi connectivity index (χ0) is 9.97. The lowest BCUT2D eigenvalue weighted by Crippen LogP contribution is -2.16. The molecular weight excluding hydrogens is 262 g/mol. The summed E-state index contributed by atoms with van der Waals surface area (Å²) in [7, 11) is 0. The average Bonchev–Trinajstić information content (AvgIpc) is 2.75. The second kappa shape index (κ2) is 4.25. The number of nitrogens with zero attached hydrogens (tertiary/aromatic N) is 2. The summed E-state index contributed by atoms with van der Waals surface area (Å²) in [6.45, 7) is 0.722. The molecule has 74 valence electrons. The third-order valence-corrected chi connectivity index (χ3v) is 3.66. The number of hydrogen-bond donors (Lipinski definition) is 1. The van der Waals surface area contributed by atoms with Crippen molar-refractivity contribution in [2.24, 2.45) is 5.73 Å². The summed E-state index contributed by atoms with van der Waals surface area (Å²) >= 11 is 5.09. The van der Waals surface area contributed by atoms with Gasteiger partial charge in [0, 0.05) is 17.3 Å². The van der Waals surface area contributed by atoms with Gasteiger partial charge in [0.15, 0.2) is 0 Å². The summed E-state index contributed by atoms with van der Waals surface area (Å²) < 4.78 is 2.96. The van der Waals surface area contributed by atoms with Gasteiger partial charge >= 0.3 is 0 Å². The highest BCUT2D eigenvalue weighted by Crippen LogP contribution is 2.26. The standard InChI is InChI=1S/C9H10BrN3S/c10-9-3-2-8(14-9)7(11)6-13-5-1-4-12-13/h1-5,7H,6,11H2. The molecule has 2 aromatic heterocycles. The minimum absolute atomic E-state index is 0.0196. The van der Waals surface area contributed by atoms with Crippen molar-refractivity contribution < 1.29 is 0 Å². The largest absolute Gasteiger partial charge is 0.322 e. The molecule has 0 bridgehead atoms. The second-order valence-corrected chi connectivity index (χ2v) is 5.47. The molecule has 0 saturated carbocycles. The van der Waals surface area contributed by atoms with Crippen molar-refractivity contribution in [2.75, 3.05) is 0 Å². The van der Waals surface area contributed by atoms with E-state index in [0.29, 0.717) is 0 Å². The normalized spacial score (nSPS) is 13.0. The number of rotatable bonds is 3. The maximum absolute atomic E-state index is 6.03. The number of halogens is 1. The van der Waals surface area contributed by atoms with Gasteiger partial charge in [0.2, 0.25) is 0 Å². The number of aromatic nitrogens is 2. The molecule has 0 aliphatic rings. The lowest BCUT2D eigenvalue weighted by molar-refractivity contribution is 0.533. The van der Waals surface area contributed by atoms with Crippen LogP contribution in [0.3, 0.4) is 0 Å². The summed E-state index contributed by atoms with van der Waals surface area (Å²) in [5.74, 6) is 0.